The number of hydrazine groups is 1. The minimum absolute atomic E-state index is 0.0642. The standard InChI is InChI=1S/C14H13N5O4.BF4/c15-16-10-3-1-9(2-4-10)14(23)18-17-11(20)7-8-19-12(21)5-6-13(19)22;2-1(3,4)5/h1-3,5-6H,4,7-8H2,(H,17,20)(H,18,23);/q;-1. The van der Waals surface area contributed by atoms with E-state index in [1.165, 1.54) is 12.2 Å². The molecule has 2 N–H and O–H groups in total. The van der Waals surface area contributed by atoms with E-state index >= 15 is 0 Å². The minimum atomic E-state index is -6.00. The van der Waals surface area contributed by atoms with Gasteiger partial charge in [-0.05, 0) is 6.08 Å². The van der Waals surface area contributed by atoms with Gasteiger partial charge in [0.05, 0.1) is 6.42 Å². The van der Waals surface area contributed by atoms with Gasteiger partial charge in [-0.25, -0.2) is 0 Å². The fraction of sp³-hybridized carbons (Fsp3) is 0.214. The second-order valence-corrected chi connectivity index (χ2v) is 5.20. The SMILES string of the molecule is F[B-](F)(F)F.[N-]=[N+]=C1C=CC(C(=O)NNC(=O)CCN2C(=O)C=CC2=O)=CC1. The lowest BCUT2D eigenvalue weighted by molar-refractivity contribution is -0.137. The average Bonchev–Trinajstić information content (AvgIpc) is 2.94. The summed E-state index contributed by atoms with van der Waals surface area (Å²) in [6.07, 6.45) is 6.92. The molecule has 0 saturated heterocycles. The Morgan fingerprint density at radius 1 is 1.07 bits per heavy atom. The Morgan fingerprint density at radius 2 is 1.64 bits per heavy atom. The van der Waals surface area contributed by atoms with Crippen LogP contribution in [0.1, 0.15) is 12.8 Å². The third-order valence-electron chi connectivity index (χ3n) is 3.16. The van der Waals surface area contributed by atoms with E-state index in [0.717, 1.165) is 17.1 Å². The summed E-state index contributed by atoms with van der Waals surface area (Å²) in [7, 11) is -6.00. The summed E-state index contributed by atoms with van der Waals surface area (Å²) in [5, 5.41) is 0. The fourth-order valence-corrected chi connectivity index (χ4v) is 1.91. The number of halogens is 4. The number of carbonyl (C=O) groups is 4. The molecule has 0 bridgehead atoms. The van der Waals surface area contributed by atoms with Gasteiger partial charge in [-0.1, -0.05) is 6.08 Å². The summed E-state index contributed by atoms with van der Waals surface area (Å²) >= 11 is 0. The summed E-state index contributed by atoms with van der Waals surface area (Å²) in [6, 6.07) is 0. The predicted molar refractivity (Wildman–Crippen MR) is 87.4 cm³/mol. The zero-order valence-corrected chi connectivity index (χ0v) is 14.1. The Hall–Kier alpha value is -3.54. The molecule has 28 heavy (non-hydrogen) atoms. The van der Waals surface area contributed by atoms with Crippen molar-refractivity contribution >= 4 is 36.6 Å². The van der Waals surface area contributed by atoms with Crippen molar-refractivity contribution in [2.24, 2.45) is 0 Å². The number of carbonyl (C=O) groups excluding carboxylic acids is 4. The summed E-state index contributed by atoms with van der Waals surface area (Å²) in [5.74, 6) is -2.00. The molecule has 0 saturated carbocycles. The minimum Gasteiger partial charge on any atom is -0.418 e. The Bertz CT molecular complexity index is 791. The third kappa shape index (κ3) is 8.23. The van der Waals surface area contributed by atoms with Crippen LogP contribution < -0.4 is 10.9 Å². The predicted octanol–water partition coefficient (Wildman–Crippen LogP) is 0.306. The number of nitrogens with one attached hydrogen (secondary N) is 2. The van der Waals surface area contributed by atoms with Crippen LogP contribution in [0, 0.1) is 0 Å². The van der Waals surface area contributed by atoms with Gasteiger partial charge in [0.25, 0.3) is 23.4 Å². The molecule has 0 fully saturated rings. The molecule has 0 radical (unpaired) electrons. The molecule has 14 heteroatoms. The number of rotatable bonds is 4. The molecule has 0 unspecified atom stereocenters. The largest absolute Gasteiger partial charge is 0.673 e. The Labute approximate surface area is 155 Å². The molecule has 0 spiro atoms. The lowest BCUT2D eigenvalue weighted by atomic mass is 10.1. The van der Waals surface area contributed by atoms with Crippen LogP contribution in [-0.4, -0.2) is 52.8 Å². The third-order valence-corrected chi connectivity index (χ3v) is 3.16. The zero-order valence-electron chi connectivity index (χ0n) is 14.1. The highest BCUT2D eigenvalue weighted by Crippen LogP contribution is 2.07. The number of nitrogens with zero attached hydrogens (tertiary/aromatic N) is 3. The van der Waals surface area contributed by atoms with Gasteiger partial charge < -0.3 is 22.8 Å². The molecule has 4 amide bonds. The van der Waals surface area contributed by atoms with Crippen LogP contribution in [0.5, 0.6) is 0 Å². The first-order valence-corrected chi connectivity index (χ1v) is 7.60. The van der Waals surface area contributed by atoms with Gasteiger partial charge in [0.15, 0.2) is 0 Å². The zero-order chi connectivity index (χ0) is 21.3. The van der Waals surface area contributed by atoms with Gasteiger partial charge in [0.2, 0.25) is 5.91 Å². The molecule has 0 aromatic carbocycles. The highest BCUT2D eigenvalue weighted by Gasteiger charge is 2.23. The second-order valence-electron chi connectivity index (χ2n) is 5.20. The van der Waals surface area contributed by atoms with Crippen molar-refractivity contribution in [3.05, 3.63) is 41.5 Å². The van der Waals surface area contributed by atoms with Gasteiger partial charge in [-0.2, -0.15) is 4.79 Å². The van der Waals surface area contributed by atoms with E-state index in [2.05, 4.69) is 15.6 Å². The lowest BCUT2D eigenvalue weighted by Crippen LogP contribution is -2.44. The molecule has 0 aromatic heterocycles. The van der Waals surface area contributed by atoms with Crippen LogP contribution in [-0.2, 0) is 19.2 Å². The van der Waals surface area contributed by atoms with Gasteiger partial charge in [0, 0.05) is 36.8 Å². The van der Waals surface area contributed by atoms with Crippen LogP contribution in [0.2, 0.25) is 0 Å². The molecular formula is C14H13BF4N5O4-. The lowest BCUT2D eigenvalue weighted by Gasteiger charge is -2.13. The molecule has 1 heterocycles. The van der Waals surface area contributed by atoms with Gasteiger partial charge in [-0.3, -0.25) is 34.9 Å². The maximum Gasteiger partial charge on any atom is 0.673 e. The average molecular weight is 402 g/mol. The number of hydrogen-bond donors (Lipinski definition) is 2. The summed E-state index contributed by atoms with van der Waals surface area (Å²) in [5.41, 5.74) is 13.7. The number of amides is 4. The number of hydrogen-bond acceptors (Lipinski definition) is 4. The quantitative estimate of drug-likeness (QED) is 0.175. The van der Waals surface area contributed by atoms with Crippen molar-refractivity contribution in [3.63, 3.8) is 0 Å². The van der Waals surface area contributed by atoms with E-state index in [1.807, 2.05) is 0 Å². The normalized spacial score (nSPS) is 15.5. The van der Waals surface area contributed by atoms with Gasteiger partial charge in [-0.15, -0.1) is 0 Å². The van der Waals surface area contributed by atoms with Crippen LogP contribution >= 0.6 is 0 Å². The fourth-order valence-electron chi connectivity index (χ4n) is 1.91. The van der Waals surface area contributed by atoms with E-state index in [0.29, 0.717) is 17.7 Å². The summed E-state index contributed by atoms with van der Waals surface area (Å²) in [4.78, 5) is 49.9. The smallest absolute Gasteiger partial charge is 0.418 e. The first kappa shape index (κ1) is 22.5. The monoisotopic (exact) mass is 402 g/mol. The van der Waals surface area contributed by atoms with Crippen molar-refractivity contribution in [1.82, 2.24) is 15.8 Å². The van der Waals surface area contributed by atoms with Crippen molar-refractivity contribution in [3.8, 4) is 0 Å². The molecular weight excluding hydrogens is 389 g/mol. The molecule has 1 aliphatic heterocycles. The van der Waals surface area contributed by atoms with Crippen LogP contribution in [0.3, 0.4) is 0 Å². The molecule has 2 aliphatic rings. The molecule has 150 valence electrons. The van der Waals surface area contributed by atoms with E-state index in [-0.39, 0.29) is 13.0 Å². The second kappa shape index (κ2) is 9.97. The highest BCUT2D eigenvalue weighted by molar-refractivity contribution is 6.50. The van der Waals surface area contributed by atoms with Crippen molar-refractivity contribution in [1.29, 1.82) is 0 Å². The van der Waals surface area contributed by atoms with Crippen molar-refractivity contribution in [2.45, 2.75) is 12.8 Å². The van der Waals surface area contributed by atoms with Gasteiger partial charge >= 0.3 is 7.25 Å². The molecule has 2 rings (SSSR count). The Balaban J connectivity index is 0.000000696. The maximum atomic E-state index is 11.8. The topological polar surface area (TPSA) is 132 Å². The van der Waals surface area contributed by atoms with E-state index in [9.17, 15) is 36.4 Å². The first-order chi connectivity index (χ1) is 13.0. The van der Waals surface area contributed by atoms with Crippen LogP contribution in [0.25, 0.3) is 5.53 Å². The number of imide groups is 1. The Kier molecular flexibility index (Phi) is 8.01. The van der Waals surface area contributed by atoms with Crippen LogP contribution in [0.15, 0.2) is 36.0 Å². The van der Waals surface area contributed by atoms with Crippen molar-refractivity contribution < 1.29 is 41.2 Å². The first-order valence-electron chi connectivity index (χ1n) is 7.60. The van der Waals surface area contributed by atoms with Crippen LogP contribution in [0.4, 0.5) is 17.3 Å². The molecule has 0 atom stereocenters. The summed E-state index contributed by atoms with van der Waals surface area (Å²) in [6.45, 7) is -0.0642. The molecule has 0 aromatic rings. The number of allylic oxidation sites excluding steroid dienone is 2. The van der Waals surface area contributed by atoms with Crippen molar-refractivity contribution in [2.75, 3.05) is 6.54 Å². The molecule has 9 nitrogen and oxygen atoms in total. The molecule has 1 aliphatic carbocycles. The van der Waals surface area contributed by atoms with E-state index < -0.39 is 30.9 Å². The van der Waals surface area contributed by atoms with E-state index in [4.69, 9.17) is 5.53 Å². The summed E-state index contributed by atoms with van der Waals surface area (Å²) < 4.78 is 39.0. The van der Waals surface area contributed by atoms with Gasteiger partial charge in [0.1, 0.15) is 0 Å². The highest BCUT2D eigenvalue weighted by atomic mass is 19.5. The maximum absolute atomic E-state index is 11.8. The van der Waals surface area contributed by atoms with E-state index in [1.54, 1.807) is 6.08 Å². The Morgan fingerprint density at radius 3 is 2.11 bits per heavy atom.